The fourth-order valence-corrected chi connectivity index (χ4v) is 3.30. The van der Waals surface area contributed by atoms with Crippen molar-refractivity contribution in [3.8, 4) is 5.75 Å². The smallest absolute Gasteiger partial charge is 0.253 e. The van der Waals surface area contributed by atoms with Crippen LogP contribution < -0.4 is 4.74 Å². The Bertz CT molecular complexity index is 727. The van der Waals surface area contributed by atoms with Crippen LogP contribution in [0.1, 0.15) is 28.8 Å². The lowest BCUT2D eigenvalue weighted by Crippen LogP contribution is -2.27. The van der Waals surface area contributed by atoms with Gasteiger partial charge in [-0.25, -0.2) is 0 Å². The molecule has 3 rings (SSSR count). The van der Waals surface area contributed by atoms with Crippen molar-refractivity contribution in [2.75, 3.05) is 33.3 Å². The molecule has 0 aliphatic carbocycles. The van der Waals surface area contributed by atoms with E-state index in [1.54, 1.807) is 0 Å². The molecule has 4 nitrogen and oxygen atoms in total. The topological polar surface area (TPSA) is 32.8 Å². The zero-order chi connectivity index (χ0) is 18.4. The number of carbonyl (C=O) groups excluding carboxylic acids is 1. The molecule has 0 saturated carbocycles. The summed E-state index contributed by atoms with van der Waals surface area (Å²) in [6.07, 6.45) is 2.23. The van der Waals surface area contributed by atoms with Crippen molar-refractivity contribution in [3.05, 3.63) is 64.7 Å². The molecule has 138 valence electrons. The fourth-order valence-electron chi connectivity index (χ4n) is 3.12. The maximum absolute atomic E-state index is 12.4. The Balaban J connectivity index is 1.45. The van der Waals surface area contributed by atoms with Gasteiger partial charge in [-0.15, -0.1) is 0 Å². The molecule has 1 aliphatic rings. The highest BCUT2D eigenvalue weighted by molar-refractivity contribution is 6.30. The molecule has 0 radical (unpaired) electrons. The summed E-state index contributed by atoms with van der Waals surface area (Å²) in [5.41, 5.74) is 1.97. The number of halogens is 1. The molecule has 2 aromatic rings. The van der Waals surface area contributed by atoms with Crippen LogP contribution in [-0.2, 0) is 6.54 Å². The number of nitrogens with zero attached hydrogens (tertiary/aromatic N) is 2. The minimum atomic E-state index is 0.150. The Morgan fingerprint density at radius 1 is 1.15 bits per heavy atom. The Kier molecular flexibility index (Phi) is 6.53. The molecule has 1 fully saturated rings. The van der Waals surface area contributed by atoms with Gasteiger partial charge in [0.05, 0.1) is 0 Å². The summed E-state index contributed by atoms with van der Waals surface area (Å²) in [4.78, 5) is 16.5. The van der Waals surface area contributed by atoms with E-state index in [4.69, 9.17) is 16.3 Å². The van der Waals surface area contributed by atoms with Crippen LogP contribution in [0.15, 0.2) is 48.5 Å². The van der Waals surface area contributed by atoms with Gasteiger partial charge in [0, 0.05) is 36.8 Å². The van der Waals surface area contributed by atoms with Crippen LogP contribution in [0.3, 0.4) is 0 Å². The lowest BCUT2D eigenvalue weighted by molar-refractivity contribution is 0.0793. The van der Waals surface area contributed by atoms with Crippen molar-refractivity contribution in [1.82, 2.24) is 9.80 Å². The number of likely N-dealkylation sites (N-methyl/N-ethyl adjacent to an activating group) is 1. The number of benzene rings is 2. The van der Waals surface area contributed by atoms with Gasteiger partial charge in [0.2, 0.25) is 0 Å². The Morgan fingerprint density at radius 3 is 2.58 bits per heavy atom. The molecular weight excluding hydrogens is 348 g/mol. The second-order valence-corrected chi connectivity index (χ2v) is 7.18. The van der Waals surface area contributed by atoms with E-state index in [-0.39, 0.29) is 5.91 Å². The van der Waals surface area contributed by atoms with Crippen LogP contribution in [0.5, 0.6) is 5.75 Å². The highest BCUT2D eigenvalue weighted by Crippen LogP contribution is 2.17. The van der Waals surface area contributed by atoms with Gasteiger partial charge in [0.25, 0.3) is 5.91 Å². The third kappa shape index (κ3) is 5.23. The highest BCUT2D eigenvalue weighted by Gasteiger charge is 2.19. The largest absolute Gasteiger partial charge is 0.492 e. The first-order valence-corrected chi connectivity index (χ1v) is 9.45. The summed E-state index contributed by atoms with van der Waals surface area (Å²) in [6.45, 7) is 3.99. The van der Waals surface area contributed by atoms with Gasteiger partial charge < -0.3 is 9.64 Å². The maximum Gasteiger partial charge on any atom is 0.253 e. The van der Waals surface area contributed by atoms with Gasteiger partial charge in [0.1, 0.15) is 12.4 Å². The van der Waals surface area contributed by atoms with Crippen molar-refractivity contribution in [2.24, 2.45) is 0 Å². The lowest BCUT2D eigenvalue weighted by atomic mass is 10.1. The molecule has 1 heterocycles. The molecule has 0 N–H and O–H groups in total. The molecule has 0 aromatic heterocycles. The molecule has 0 unspecified atom stereocenters. The molecule has 0 spiro atoms. The van der Waals surface area contributed by atoms with Crippen LogP contribution in [0, 0.1) is 0 Å². The average molecular weight is 373 g/mol. The second kappa shape index (κ2) is 9.06. The normalized spacial score (nSPS) is 14.0. The van der Waals surface area contributed by atoms with Crippen molar-refractivity contribution in [1.29, 1.82) is 0 Å². The summed E-state index contributed by atoms with van der Waals surface area (Å²) in [6, 6.07) is 15.4. The number of rotatable bonds is 7. The molecule has 2 aromatic carbocycles. The third-order valence-corrected chi connectivity index (χ3v) is 4.82. The van der Waals surface area contributed by atoms with E-state index in [2.05, 4.69) is 11.9 Å². The summed E-state index contributed by atoms with van der Waals surface area (Å²) < 4.78 is 5.73. The van der Waals surface area contributed by atoms with Gasteiger partial charge >= 0.3 is 0 Å². The fraction of sp³-hybridized carbons (Fsp3) is 0.381. The summed E-state index contributed by atoms with van der Waals surface area (Å²) >= 11 is 5.95. The molecular formula is C21H25ClN2O2. The monoisotopic (exact) mass is 372 g/mol. The predicted octanol–water partition coefficient (Wildman–Crippen LogP) is 4.09. The van der Waals surface area contributed by atoms with E-state index >= 15 is 0 Å². The zero-order valence-electron chi connectivity index (χ0n) is 15.2. The molecule has 0 bridgehead atoms. The number of amides is 1. The number of hydrogen-bond donors (Lipinski definition) is 0. The minimum absolute atomic E-state index is 0.150. The Hall–Kier alpha value is -2.04. The van der Waals surface area contributed by atoms with Gasteiger partial charge in [-0.2, -0.15) is 0 Å². The van der Waals surface area contributed by atoms with Crippen molar-refractivity contribution < 1.29 is 9.53 Å². The standard InChI is InChI=1S/C21H25ClN2O2/c1-23(13-14-26-20-6-4-5-19(22)15-20)16-17-7-9-18(10-8-17)21(25)24-11-2-3-12-24/h4-10,15H,2-3,11-14,16H2,1H3. The van der Waals surface area contributed by atoms with Crippen LogP contribution in [0.4, 0.5) is 0 Å². The molecule has 0 atom stereocenters. The maximum atomic E-state index is 12.4. The number of likely N-dealkylation sites (tertiary alicyclic amines) is 1. The van der Waals surface area contributed by atoms with E-state index in [0.29, 0.717) is 11.6 Å². The number of carbonyl (C=O) groups is 1. The van der Waals surface area contributed by atoms with E-state index in [9.17, 15) is 4.79 Å². The van der Waals surface area contributed by atoms with Crippen molar-refractivity contribution in [3.63, 3.8) is 0 Å². The quantitative estimate of drug-likeness (QED) is 0.734. The first-order chi connectivity index (χ1) is 12.6. The van der Waals surface area contributed by atoms with E-state index in [1.807, 2.05) is 53.4 Å². The van der Waals surface area contributed by atoms with Crippen LogP contribution in [0.25, 0.3) is 0 Å². The van der Waals surface area contributed by atoms with E-state index in [0.717, 1.165) is 50.3 Å². The first kappa shape index (κ1) is 18.7. The van der Waals surface area contributed by atoms with Crippen molar-refractivity contribution in [2.45, 2.75) is 19.4 Å². The molecule has 1 saturated heterocycles. The third-order valence-electron chi connectivity index (χ3n) is 4.58. The van der Waals surface area contributed by atoms with Crippen LogP contribution in [-0.4, -0.2) is 49.0 Å². The van der Waals surface area contributed by atoms with Crippen LogP contribution in [0.2, 0.25) is 5.02 Å². The first-order valence-electron chi connectivity index (χ1n) is 9.07. The Labute approximate surface area is 160 Å². The predicted molar refractivity (Wildman–Crippen MR) is 105 cm³/mol. The molecule has 1 amide bonds. The summed E-state index contributed by atoms with van der Waals surface area (Å²) in [5, 5.41) is 0.680. The molecule has 5 heteroatoms. The lowest BCUT2D eigenvalue weighted by Gasteiger charge is -2.18. The highest BCUT2D eigenvalue weighted by atomic mass is 35.5. The van der Waals surface area contributed by atoms with E-state index in [1.165, 1.54) is 5.56 Å². The SMILES string of the molecule is CN(CCOc1cccc(Cl)c1)Cc1ccc(C(=O)N2CCCC2)cc1. The van der Waals surface area contributed by atoms with Gasteiger partial charge in [-0.05, 0) is 55.8 Å². The van der Waals surface area contributed by atoms with Gasteiger partial charge in [0.15, 0.2) is 0 Å². The second-order valence-electron chi connectivity index (χ2n) is 6.74. The minimum Gasteiger partial charge on any atom is -0.492 e. The molecule has 1 aliphatic heterocycles. The summed E-state index contributed by atoms with van der Waals surface area (Å²) in [5.74, 6) is 0.938. The Morgan fingerprint density at radius 2 is 1.88 bits per heavy atom. The summed E-state index contributed by atoms with van der Waals surface area (Å²) in [7, 11) is 2.06. The number of hydrogen-bond acceptors (Lipinski definition) is 3. The number of ether oxygens (including phenoxy) is 1. The van der Waals surface area contributed by atoms with E-state index < -0.39 is 0 Å². The van der Waals surface area contributed by atoms with Gasteiger partial charge in [-0.3, -0.25) is 9.69 Å². The average Bonchev–Trinajstić information content (AvgIpc) is 3.16. The van der Waals surface area contributed by atoms with Gasteiger partial charge in [-0.1, -0.05) is 29.8 Å². The molecule has 26 heavy (non-hydrogen) atoms. The zero-order valence-corrected chi connectivity index (χ0v) is 15.9. The van der Waals surface area contributed by atoms with Crippen LogP contribution >= 0.6 is 11.6 Å². The van der Waals surface area contributed by atoms with Crippen molar-refractivity contribution >= 4 is 17.5 Å².